The molecular weight excluding hydrogens is 328 g/mol. The molecule has 25 heavy (non-hydrogen) atoms. The fourth-order valence-electron chi connectivity index (χ4n) is 2.88. The van der Waals surface area contributed by atoms with Crippen LogP contribution >= 0.6 is 0 Å². The maximum atomic E-state index is 12.7. The topological polar surface area (TPSA) is 118 Å². The van der Waals surface area contributed by atoms with Crippen LogP contribution in [0.4, 0.5) is 5.82 Å². The smallest absolute Gasteiger partial charge is 0.338 e. The molecule has 1 unspecified atom stereocenters. The normalized spacial score (nSPS) is 17.6. The monoisotopic (exact) mass is 346 g/mol. The molecule has 9 heteroatoms. The summed E-state index contributed by atoms with van der Waals surface area (Å²) in [5.74, 6) is -1.50. The second kappa shape index (κ2) is 6.42. The summed E-state index contributed by atoms with van der Waals surface area (Å²) in [5.41, 5.74) is 0.681. The van der Waals surface area contributed by atoms with E-state index >= 15 is 0 Å². The number of hydrogen-bond acceptors (Lipinski definition) is 5. The van der Waals surface area contributed by atoms with Gasteiger partial charge in [-0.1, -0.05) is 0 Å². The van der Waals surface area contributed by atoms with E-state index in [9.17, 15) is 14.4 Å². The highest BCUT2D eigenvalue weighted by Gasteiger charge is 2.33. The summed E-state index contributed by atoms with van der Waals surface area (Å²) in [6, 6.07) is 2.25. The van der Waals surface area contributed by atoms with Crippen LogP contribution in [-0.4, -0.2) is 45.3 Å². The number of anilines is 1. The maximum Gasteiger partial charge on any atom is 0.338 e. The third-order valence-corrected chi connectivity index (χ3v) is 4.07. The summed E-state index contributed by atoms with van der Waals surface area (Å²) in [6.07, 6.45) is 2.22. The van der Waals surface area contributed by atoms with Crippen molar-refractivity contribution >= 4 is 23.6 Å². The summed E-state index contributed by atoms with van der Waals surface area (Å²) in [6.45, 7) is 2.39. The Morgan fingerprint density at radius 3 is 2.76 bits per heavy atom. The zero-order chi connectivity index (χ0) is 18.1. The molecule has 1 atom stereocenters. The van der Waals surface area contributed by atoms with E-state index in [0.29, 0.717) is 18.8 Å². The summed E-state index contributed by atoms with van der Waals surface area (Å²) < 4.78 is 6.59. The number of aromatic carboxylic acids is 1. The van der Waals surface area contributed by atoms with Gasteiger partial charge in [-0.25, -0.2) is 4.79 Å². The van der Waals surface area contributed by atoms with E-state index in [0.717, 1.165) is 24.4 Å². The molecule has 1 aliphatic heterocycles. The highest BCUT2D eigenvalue weighted by molar-refractivity contribution is 6.02. The van der Waals surface area contributed by atoms with Gasteiger partial charge in [-0.05, 0) is 19.8 Å². The van der Waals surface area contributed by atoms with Crippen molar-refractivity contribution in [1.82, 2.24) is 15.1 Å². The second-order valence-corrected chi connectivity index (χ2v) is 5.93. The van der Waals surface area contributed by atoms with Gasteiger partial charge in [-0.15, -0.1) is 0 Å². The first kappa shape index (κ1) is 16.7. The first-order chi connectivity index (χ1) is 11.9. The van der Waals surface area contributed by atoms with Gasteiger partial charge in [0.2, 0.25) is 0 Å². The Morgan fingerprint density at radius 2 is 2.16 bits per heavy atom. The van der Waals surface area contributed by atoms with Crippen LogP contribution in [0.15, 0.2) is 22.8 Å². The van der Waals surface area contributed by atoms with Crippen molar-refractivity contribution in [3.8, 4) is 0 Å². The lowest BCUT2D eigenvalue weighted by Gasteiger charge is -2.32. The number of amides is 2. The minimum atomic E-state index is -1.19. The Bertz CT molecular complexity index is 837. The van der Waals surface area contributed by atoms with Gasteiger partial charge in [0.25, 0.3) is 11.8 Å². The number of furan rings is 1. The number of aryl methyl sites for hydroxylation is 2. The standard InChI is InChI=1S/C16H18N4O5/c1-9-6-13(19(2)18-9)20-5-3-4-11(15(20)22)17-14(21)12-7-10(8-25-12)16(23)24/h6-8,11H,3-5H2,1-2H3,(H,17,21)(H,23,24). The van der Waals surface area contributed by atoms with Crippen molar-refractivity contribution in [3.63, 3.8) is 0 Å². The van der Waals surface area contributed by atoms with Crippen molar-refractivity contribution in [3.05, 3.63) is 35.4 Å². The molecule has 0 radical (unpaired) electrons. The Balaban J connectivity index is 1.73. The van der Waals surface area contributed by atoms with Crippen molar-refractivity contribution in [2.75, 3.05) is 11.4 Å². The number of carbonyl (C=O) groups is 3. The molecule has 0 saturated carbocycles. The molecule has 3 heterocycles. The lowest BCUT2D eigenvalue weighted by atomic mass is 10.0. The summed E-state index contributed by atoms with van der Waals surface area (Å²) in [4.78, 5) is 37.4. The highest BCUT2D eigenvalue weighted by atomic mass is 16.4. The van der Waals surface area contributed by atoms with E-state index in [2.05, 4.69) is 10.4 Å². The maximum absolute atomic E-state index is 12.7. The zero-order valence-electron chi connectivity index (χ0n) is 13.9. The first-order valence-electron chi connectivity index (χ1n) is 7.81. The Hall–Kier alpha value is -3.10. The van der Waals surface area contributed by atoms with Crippen LogP contribution in [0.5, 0.6) is 0 Å². The molecule has 0 spiro atoms. The largest absolute Gasteiger partial charge is 0.478 e. The van der Waals surface area contributed by atoms with Gasteiger partial charge in [-0.3, -0.25) is 19.2 Å². The number of piperidine rings is 1. The fourth-order valence-corrected chi connectivity index (χ4v) is 2.88. The van der Waals surface area contributed by atoms with Gasteiger partial charge < -0.3 is 14.8 Å². The molecule has 2 aromatic rings. The van der Waals surface area contributed by atoms with Crippen LogP contribution in [-0.2, 0) is 11.8 Å². The molecular formula is C16H18N4O5. The molecule has 2 amide bonds. The van der Waals surface area contributed by atoms with E-state index in [1.807, 2.05) is 13.0 Å². The average Bonchev–Trinajstić information content (AvgIpc) is 3.16. The van der Waals surface area contributed by atoms with Crippen molar-refractivity contribution < 1.29 is 23.9 Å². The number of carboxylic acids is 1. The minimum absolute atomic E-state index is 0.118. The van der Waals surface area contributed by atoms with Crippen molar-refractivity contribution in [1.29, 1.82) is 0 Å². The summed E-state index contributed by atoms with van der Waals surface area (Å²) in [7, 11) is 1.76. The van der Waals surface area contributed by atoms with Crippen LogP contribution < -0.4 is 10.2 Å². The van der Waals surface area contributed by atoms with Crippen LogP contribution in [0.25, 0.3) is 0 Å². The molecule has 0 aromatic carbocycles. The van der Waals surface area contributed by atoms with E-state index < -0.39 is 17.9 Å². The SMILES string of the molecule is Cc1cc(N2CCCC(NC(=O)c3cc(C(=O)O)co3)C2=O)n(C)n1. The van der Waals surface area contributed by atoms with E-state index in [4.69, 9.17) is 9.52 Å². The Kier molecular flexibility index (Phi) is 4.30. The molecule has 0 aliphatic carbocycles. The summed E-state index contributed by atoms with van der Waals surface area (Å²) >= 11 is 0. The number of hydrogen-bond donors (Lipinski definition) is 2. The molecule has 2 aromatic heterocycles. The van der Waals surface area contributed by atoms with Crippen molar-refractivity contribution in [2.24, 2.45) is 7.05 Å². The van der Waals surface area contributed by atoms with Crippen LogP contribution in [0.2, 0.25) is 0 Å². The Labute approximate surface area is 143 Å². The molecule has 132 valence electrons. The number of nitrogens with zero attached hydrogens (tertiary/aromatic N) is 3. The fraction of sp³-hybridized carbons (Fsp3) is 0.375. The molecule has 0 bridgehead atoms. The third-order valence-electron chi connectivity index (χ3n) is 4.07. The molecule has 9 nitrogen and oxygen atoms in total. The van der Waals surface area contributed by atoms with Gasteiger partial charge in [-0.2, -0.15) is 5.10 Å². The molecule has 1 fully saturated rings. The molecule has 1 saturated heterocycles. The van der Waals surface area contributed by atoms with Gasteiger partial charge in [0.1, 0.15) is 18.1 Å². The van der Waals surface area contributed by atoms with Crippen LogP contribution in [0.1, 0.15) is 39.4 Å². The lowest BCUT2D eigenvalue weighted by Crippen LogP contribution is -2.52. The van der Waals surface area contributed by atoms with Gasteiger partial charge in [0.05, 0.1) is 11.3 Å². The van der Waals surface area contributed by atoms with E-state index in [1.54, 1.807) is 16.6 Å². The lowest BCUT2D eigenvalue weighted by molar-refractivity contribution is -0.121. The van der Waals surface area contributed by atoms with Gasteiger partial charge in [0, 0.05) is 25.7 Å². The number of nitrogens with one attached hydrogen (secondary N) is 1. The third kappa shape index (κ3) is 3.25. The number of carbonyl (C=O) groups excluding carboxylic acids is 2. The molecule has 3 rings (SSSR count). The van der Waals surface area contributed by atoms with Crippen LogP contribution in [0, 0.1) is 6.92 Å². The Morgan fingerprint density at radius 1 is 1.40 bits per heavy atom. The second-order valence-electron chi connectivity index (χ2n) is 5.93. The number of rotatable bonds is 4. The average molecular weight is 346 g/mol. The van der Waals surface area contributed by atoms with E-state index in [-0.39, 0.29) is 17.2 Å². The van der Waals surface area contributed by atoms with Crippen LogP contribution in [0.3, 0.4) is 0 Å². The number of carboxylic acid groups (broad SMARTS) is 1. The van der Waals surface area contributed by atoms with Gasteiger partial charge in [0.15, 0.2) is 5.76 Å². The quantitative estimate of drug-likeness (QED) is 0.851. The minimum Gasteiger partial charge on any atom is -0.478 e. The predicted molar refractivity (Wildman–Crippen MR) is 86.5 cm³/mol. The number of aromatic nitrogens is 2. The van der Waals surface area contributed by atoms with Crippen molar-refractivity contribution in [2.45, 2.75) is 25.8 Å². The summed E-state index contributed by atoms with van der Waals surface area (Å²) in [5, 5.41) is 15.7. The predicted octanol–water partition coefficient (Wildman–Crippen LogP) is 0.945. The van der Waals surface area contributed by atoms with Gasteiger partial charge >= 0.3 is 5.97 Å². The molecule has 1 aliphatic rings. The molecule has 2 N–H and O–H groups in total. The zero-order valence-corrected chi connectivity index (χ0v) is 13.9. The highest BCUT2D eigenvalue weighted by Crippen LogP contribution is 2.22. The van der Waals surface area contributed by atoms with E-state index in [1.165, 1.54) is 0 Å². The first-order valence-corrected chi connectivity index (χ1v) is 7.81.